The molecule has 1 atom stereocenters. The minimum absolute atomic E-state index is 0.206. The van der Waals surface area contributed by atoms with Gasteiger partial charge in [0, 0.05) is 0 Å². The van der Waals surface area contributed by atoms with E-state index in [0.717, 1.165) is 0 Å². The van der Waals surface area contributed by atoms with Crippen LogP contribution in [0.25, 0.3) is 0 Å². The average molecular weight is 222 g/mol. The maximum atomic E-state index is 13.0. The third kappa shape index (κ3) is 2.08. The van der Waals surface area contributed by atoms with Crippen molar-refractivity contribution in [3.8, 4) is 0 Å². The number of aromatic nitrogens is 4. The number of benzene rings is 1. The molecule has 1 aromatic heterocycles. The summed E-state index contributed by atoms with van der Waals surface area (Å²) >= 11 is 0. The van der Waals surface area contributed by atoms with Crippen LogP contribution in [0.5, 0.6) is 0 Å². The van der Waals surface area contributed by atoms with E-state index in [1.54, 1.807) is 0 Å². The second kappa shape index (κ2) is 4.13. The Morgan fingerprint density at radius 3 is 3.00 bits per heavy atom. The molecule has 0 fully saturated rings. The highest BCUT2D eigenvalue weighted by Crippen LogP contribution is 2.23. The predicted octanol–water partition coefficient (Wildman–Crippen LogP) is 1.09. The van der Waals surface area contributed by atoms with Crippen LogP contribution in [-0.4, -0.2) is 20.6 Å². The van der Waals surface area contributed by atoms with Crippen LogP contribution in [0.1, 0.15) is 18.8 Å². The molecule has 0 amide bonds. The van der Waals surface area contributed by atoms with E-state index in [-0.39, 0.29) is 11.9 Å². The van der Waals surface area contributed by atoms with Crippen LogP contribution >= 0.6 is 0 Å². The number of aromatic amines is 1. The normalized spacial score (nSPS) is 12.4. The molecule has 0 aliphatic rings. The molecule has 84 valence electrons. The number of hydrogen-bond acceptors (Lipinski definition) is 5. The van der Waals surface area contributed by atoms with Crippen molar-refractivity contribution in [1.29, 1.82) is 0 Å². The number of anilines is 2. The molecule has 2 rings (SSSR count). The third-order valence-corrected chi connectivity index (χ3v) is 2.14. The van der Waals surface area contributed by atoms with Gasteiger partial charge in [-0.1, -0.05) is 5.21 Å². The number of nitrogens with two attached hydrogens (primary N) is 1. The van der Waals surface area contributed by atoms with E-state index < -0.39 is 0 Å². The topological polar surface area (TPSA) is 92.5 Å². The van der Waals surface area contributed by atoms with Crippen LogP contribution in [-0.2, 0) is 0 Å². The number of hydrogen-bond donors (Lipinski definition) is 3. The molecule has 0 saturated carbocycles. The Labute approximate surface area is 91.0 Å². The zero-order valence-corrected chi connectivity index (χ0v) is 8.61. The Kier molecular flexibility index (Phi) is 2.67. The lowest BCUT2D eigenvalue weighted by Gasteiger charge is -2.13. The fourth-order valence-corrected chi connectivity index (χ4v) is 1.30. The number of H-pyrrole nitrogens is 1. The minimum Gasteiger partial charge on any atom is -0.397 e. The van der Waals surface area contributed by atoms with Crippen LogP contribution in [0, 0.1) is 5.82 Å². The van der Waals surface area contributed by atoms with Crippen molar-refractivity contribution in [2.45, 2.75) is 13.0 Å². The molecule has 0 saturated heterocycles. The standard InChI is InChI=1S/C9H11FN6/c1-5(9-13-15-16-14-9)12-8-4-6(10)2-3-7(8)11/h2-5,12H,11H2,1H3,(H,13,14,15,16). The fraction of sp³-hybridized carbons (Fsp3) is 0.222. The lowest BCUT2D eigenvalue weighted by molar-refractivity contribution is 0.628. The summed E-state index contributed by atoms with van der Waals surface area (Å²) in [4.78, 5) is 0. The van der Waals surface area contributed by atoms with Gasteiger partial charge in [-0.15, -0.1) is 10.2 Å². The summed E-state index contributed by atoms with van der Waals surface area (Å²) in [5.41, 5.74) is 6.68. The molecule has 7 heteroatoms. The van der Waals surface area contributed by atoms with Crippen LogP contribution in [0.2, 0.25) is 0 Å². The zero-order chi connectivity index (χ0) is 11.5. The number of tetrazole rings is 1. The van der Waals surface area contributed by atoms with Gasteiger partial charge in [0.05, 0.1) is 17.4 Å². The highest BCUT2D eigenvalue weighted by Gasteiger charge is 2.11. The summed E-state index contributed by atoms with van der Waals surface area (Å²) in [6.45, 7) is 1.83. The van der Waals surface area contributed by atoms with E-state index in [4.69, 9.17) is 5.73 Å². The summed E-state index contributed by atoms with van der Waals surface area (Å²) in [7, 11) is 0. The Morgan fingerprint density at radius 2 is 2.31 bits per heavy atom. The molecular formula is C9H11FN6. The molecule has 1 aromatic carbocycles. The molecule has 2 aromatic rings. The Hall–Kier alpha value is -2.18. The van der Waals surface area contributed by atoms with Gasteiger partial charge in [0.2, 0.25) is 0 Å². The van der Waals surface area contributed by atoms with Gasteiger partial charge in [0.15, 0.2) is 5.82 Å². The van der Waals surface area contributed by atoms with Gasteiger partial charge in [0.1, 0.15) is 5.82 Å². The number of nitrogen functional groups attached to an aromatic ring is 1. The molecule has 0 aliphatic heterocycles. The van der Waals surface area contributed by atoms with Crippen molar-refractivity contribution in [2.75, 3.05) is 11.1 Å². The molecule has 16 heavy (non-hydrogen) atoms. The largest absolute Gasteiger partial charge is 0.397 e. The first-order valence-corrected chi connectivity index (χ1v) is 4.71. The Bertz CT molecular complexity index is 469. The summed E-state index contributed by atoms with van der Waals surface area (Å²) in [6, 6.07) is 3.93. The van der Waals surface area contributed by atoms with Gasteiger partial charge >= 0.3 is 0 Å². The molecule has 0 bridgehead atoms. The highest BCUT2D eigenvalue weighted by atomic mass is 19.1. The predicted molar refractivity (Wildman–Crippen MR) is 57.0 cm³/mol. The van der Waals surface area contributed by atoms with E-state index >= 15 is 0 Å². The van der Waals surface area contributed by atoms with Crippen LogP contribution in [0.3, 0.4) is 0 Å². The smallest absolute Gasteiger partial charge is 0.196 e. The van der Waals surface area contributed by atoms with Gasteiger partial charge in [-0.25, -0.2) is 4.39 Å². The number of nitrogens with zero attached hydrogens (tertiary/aromatic N) is 3. The molecule has 1 unspecified atom stereocenters. The quantitative estimate of drug-likeness (QED) is 0.676. The molecule has 0 aliphatic carbocycles. The third-order valence-electron chi connectivity index (χ3n) is 2.14. The second-order valence-electron chi connectivity index (χ2n) is 3.37. The Balaban J connectivity index is 2.17. The van der Waals surface area contributed by atoms with Crippen molar-refractivity contribution in [3.05, 3.63) is 29.8 Å². The SMILES string of the molecule is CC(Nc1cc(F)ccc1N)c1nn[nH]n1. The molecule has 0 radical (unpaired) electrons. The minimum atomic E-state index is -0.350. The zero-order valence-electron chi connectivity index (χ0n) is 8.61. The number of halogens is 1. The van der Waals surface area contributed by atoms with E-state index in [2.05, 4.69) is 25.9 Å². The molecular weight excluding hydrogens is 211 g/mol. The van der Waals surface area contributed by atoms with Crippen molar-refractivity contribution >= 4 is 11.4 Å². The van der Waals surface area contributed by atoms with Crippen molar-refractivity contribution < 1.29 is 4.39 Å². The lowest BCUT2D eigenvalue weighted by Crippen LogP contribution is -2.10. The van der Waals surface area contributed by atoms with Crippen molar-refractivity contribution in [2.24, 2.45) is 0 Å². The Morgan fingerprint density at radius 1 is 1.50 bits per heavy atom. The first kappa shape index (κ1) is 10.3. The summed E-state index contributed by atoms with van der Waals surface area (Å²) in [5.74, 6) is 0.140. The number of rotatable bonds is 3. The molecule has 6 nitrogen and oxygen atoms in total. The monoisotopic (exact) mass is 222 g/mol. The van der Waals surface area contributed by atoms with Crippen molar-refractivity contribution in [3.63, 3.8) is 0 Å². The van der Waals surface area contributed by atoms with E-state index in [0.29, 0.717) is 17.2 Å². The molecule has 4 N–H and O–H groups in total. The van der Waals surface area contributed by atoms with Gasteiger partial charge in [-0.3, -0.25) is 0 Å². The van der Waals surface area contributed by atoms with Gasteiger partial charge in [-0.2, -0.15) is 5.21 Å². The molecule has 1 heterocycles. The van der Waals surface area contributed by atoms with Crippen LogP contribution in [0.15, 0.2) is 18.2 Å². The average Bonchev–Trinajstić information content (AvgIpc) is 2.76. The first-order chi connectivity index (χ1) is 7.66. The summed E-state index contributed by atoms with van der Waals surface area (Å²) in [5, 5.41) is 16.4. The van der Waals surface area contributed by atoms with Gasteiger partial charge < -0.3 is 11.1 Å². The number of nitrogens with one attached hydrogen (secondary N) is 2. The first-order valence-electron chi connectivity index (χ1n) is 4.71. The lowest BCUT2D eigenvalue weighted by atomic mass is 10.2. The second-order valence-corrected chi connectivity index (χ2v) is 3.37. The highest BCUT2D eigenvalue weighted by molar-refractivity contribution is 5.66. The summed E-state index contributed by atoms with van der Waals surface area (Å²) < 4.78 is 13.0. The van der Waals surface area contributed by atoms with Crippen molar-refractivity contribution in [1.82, 2.24) is 20.6 Å². The van der Waals surface area contributed by atoms with E-state index in [1.165, 1.54) is 18.2 Å². The van der Waals surface area contributed by atoms with Crippen LogP contribution < -0.4 is 11.1 Å². The molecule has 0 spiro atoms. The fourth-order valence-electron chi connectivity index (χ4n) is 1.30. The summed E-state index contributed by atoms with van der Waals surface area (Å²) in [6.07, 6.45) is 0. The maximum absolute atomic E-state index is 13.0. The van der Waals surface area contributed by atoms with Gasteiger partial charge in [0.25, 0.3) is 0 Å². The van der Waals surface area contributed by atoms with E-state index in [1.807, 2.05) is 6.92 Å². The maximum Gasteiger partial charge on any atom is 0.196 e. The van der Waals surface area contributed by atoms with Crippen LogP contribution in [0.4, 0.5) is 15.8 Å². The van der Waals surface area contributed by atoms with Gasteiger partial charge in [-0.05, 0) is 25.1 Å². The van der Waals surface area contributed by atoms with E-state index in [9.17, 15) is 4.39 Å².